The molecule has 62 valence electrons. The van der Waals surface area contributed by atoms with Gasteiger partial charge < -0.3 is 4.98 Å². The van der Waals surface area contributed by atoms with E-state index < -0.39 is 8.24 Å². The SMILES string of the molecule is CC(C)N[Si](C)(C)C(C)C. The van der Waals surface area contributed by atoms with Crippen molar-refractivity contribution in [3.8, 4) is 0 Å². The van der Waals surface area contributed by atoms with E-state index in [0.29, 0.717) is 6.04 Å². The molecule has 0 amide bonds. The zero-order valence-electron chi connectivity index (χ0n) is 8.15. The zero-order chi connectivity index (χ0) is 8.36. The van der Waals surface area contributed by atoms with Crippen LogP contribution in [-0.4, -0.2) is 14.3 Å². The van der Waals surface area contributed by atoms with Gasteiger partial charge in [0.25, 0.3) is 0 Å². The van der Waals surface area contributed by atoms with Crippen molar-refractivity contribution >= 4 is 8.24 Å². The zero-order valence-corrected chi connectivity index (χ0v) is 9.15. The van der Waals surface area contributed by atoms with Gasteiger partial charge in [-0.1, -0.05) is 40.8 Å². The Hall–Kier alpha value is 0.177. The molecule has 0 spiro atoms. The molecule has 1 nitrogen and oxygen atoms in total. The molecule has 0 aliphatic rings. The molecule has 0 unspecified atom stereocenters. The second-order valence-electron chi connectivity index (χ2n) is 4.18. The van der Waals surface area contributed by atoms with E-state index in [1.165, 1.54) is 0 Å². The lowest BCUT2D eigenvalue weighted by Crippen LogP contribution is -2.50. The van der Waals surface area contributed by atoms with Gasteiger partial charge >= 0.3 is 0 Å². The van der Waals surface area contributed by atoms with Gasteiger partial charge in [0.2, 0.25) is 0 Å². The molecule has 0 aromatic carbocycles. The summed E-state index contributed by atoms with van der Waals surface area (Å²) in [7, 11) is -1.09. The third-order valence-corrected chi connectivity index (χ3v) is 6.31. The van der Waals surface area contributed by atoms with Crippen LogP contribution in [0.25, 0.3) is 0 Å². The maximum absolute atomic E-state index is 3.66. The van der Waals surface area contributed by atoms with Crippen LogP contribution in [0.3, 0.4) is 0 Å². The predicted octanol–water partition coefficient (Wildman–Crippen LogP) is 2.60. The quantitative estimate of drug-likeness (QED) is 0.624. The van der Waals surface area contributed by atoms with E-state index in [1.54, 1.807) is 0 Å². The summed E-state index contributed by atoms with van der Waals surface area (Å²) >= 11 is 0. The fourth-order valence-electron chi connectivity index (χ4n) is 0.911. The first-order chi connectivity index (χ1) is 4.36. The van der Waals surface area contributed by atoms with Crippen LogP contribution in [0.4, 0.5) is 0 Å². The summed E-state index contributed by atoms with van der Waals surface area (Å²) < 4.78 is 0. The van der Waals surface area contributed by atoms with Gasteiger partial charge in [0, 0.05) is 0 Å². The van der Waals surface area contributed by atoms with Gasteiger partial charge in [-0.15, -0.1) is 0 Å². The first kappa shape index (κ1) is 10.2. The van der Waals surface area contributed by atoms with E-state index in [1.807, 2.05) is 0 Å². The molecule has 0 bridgehead atoms. The van der Waals surface area contributed by atoms with E-state index in [4.69, 9.17) is 0 Å². The predicted molar refractivity (Wildman–Crippen MR) is 50.9 cm³/mol. The molecular formula is C8H21NSi. The number of rotatable bonds is 3. The third-order valence-electron chi connectivity index (χ3n) is 2.10. The molecule has 10 heavy (non-hydrogen) atoms. The standard InChI is InChI=1S/C8H21NSi/c1-7(2)9-10(5,6)8(3)4/h7-9H,1-6H3. The molecule has 0 rings (SSSR count). The monoisotopic (exact) mass is 159 g/mol. The van der Waals surface area contributed by atoms with Crippen LogP contribution in [0.15, 0.2) is 0 Å². The smallest absolute Gasteiger partial charge is 0.122 e. The highest BCUT2D eigenvalue weighted by atomic mass is 28.3. The molecule has 0 radical (unpaired) electrons. The first-order valence-corrected chi connectivity index (χ1v) is 7.21. The molecule has 2 heteroatoms. The van der Waals surface area contributed by atoms with Crippen molar-refractivity contribution in [2.45, 2.75) is 52.4 Å². The van der Waals surface area contributed by atoms with Crippen LogP contribution in [0.1, 0.15) is 27.7 Å². The summed E-state index contributed by atoms with van der Waals surface area (Å²) in [5.74, 6) is 0. The molecular weight excluding hydrogens is 138 g/mol. The summed E-state index contributed by atoms with van der Waals surface area (Å²) in [4.78, 5) is 3.66. The van der Waals surface area contributed by atoms with Gasteiger partial charge in [-0.05, 0) is 11.6 Å². The lowest BCUT2D eigenvalue weighted by molar-refractivity contribution is 0.715. The summed E-state index contributed by atoms with van der Waals surface area (Å²) in [5.41, 5.74) is 0.829. The second-order valence-corrected chi connectivity index (χ2v) is 9.06. The van der Waals surface area contributed by atoms with Crippen LogP contribution in [-0.2, 0) is 0 Å². The van der Waals surface area contributed by atoms with E-state index in [9.17, 15) is 0 Å². The maximum atomic E-state index is 3.66. The van der Waals surface area contributed by atoms with Crippen LogP contribution in [0.2, 0.25) is 18.6 Å². The van der Waals surface area contributed by atoms with Crippen molar-refractivity contribution in [1.82, 2.24) is 4.98 Å². The minimum absolute atomic E-state index is 0.643. The maximum Gasteiger partial charge on any atom is 0.122 e. The Labute approximate surface area is 66.3 Å². The normalized spacial score (nSPS) is 13.2. The Kier molecular flexibility index (Phi) is 3.60. The summed E-state index contributed by atoms with van der Waals surface area (Å²) in [5, 5.41) is 0. The molecule has 0 fully saturated rings. The van der Waals surface area contributed by atoms with Crippen molar-refractivity contribution < 1.29 is 0 Å². The molecule has 0 saturated heterocycles. The topological polar surface area (TPSA) is 12.0 Å². The van der Waals surface area contributed by atoms with Gasteiger partial charge in [-0.25, -0.2) is 0 Å². The van der Waals surface area contributed by atoms with E-state index in [0.717, 1.165) is 5.54 Å². The summed E-state index contributed by atoms with van der Waals surface area (Å²) in [6.07, 6.45) is 0. The highest BCUT2D eigenvalue weighted by Gasteiger charge is 2.25. The minimum Gasteiger partial charge on any atom is -0.335 e. The number of hydrogen-bond donors (Lipinski definition) is 1. The van der Waals surface area contributed by atoms with E-state index in [2.05, 4.69) is 45.8 Å². The Morgan fingerprint density at radius 3 is 1.50 bits per heavy atom. The van der Waals surface area contributed by atoms with Crippen molar-refractivity contribution in [1.29, 1.82) is 0 Å². The van der Waals surface area contributed by atoms with Crippen molar-refractivity contribution in [3.63, 3.8) is 0 Å². The molecule has 0 aromatic rings. The third kappa shape index (κ3) is 3.37. The number of nitrogens with one attached hydrogen (secondary N) is 1. The largest absolute Gasteiger partial charge is 0.335 e. The Bertz CT molecular complexity index is 97.4. The van der Waals surface area contributed by atoms with Gasteiger partial charge in [-0.2, -0.15) is 0 Å². The molecule has 1 N–H and O–H groups in total. The minimum atomic E-state index is -1.09. The molecule has 0 aromatic heterocycles. The van der Waals surface area contributed by atoms with Crippen LogP contribution < -0.4 is 4.98 Å². The first-order valence-electron chi connectivity index (χ1n) is 4.14. The molecule has 0 atom stereocenters. The van der Waals surface area contributed by atoms with Crippen LogP contribution >= 0.6 is 0 Å². The highest BCUT2D eigenvalue weighted by Crippen LogP contribution is 2.17. The lowest BCUT2D eigenvalue weighted by Gasteiger charge is -2.30. The van der Waals surface area contributed by atoms with E-state index in [-0.39, 0.29) is 0 Å². The Morgan fingerprint density at radius 2 is 1.40 bits per heavy atom. The van der Waals surface area contributed by atoms with Gasteiger partial charge in [0.15, 0.2) is 0 Å². The second kappa shape index (κ2) is 3.53. The average molecular weight is 159 g/mol. The van der Waals surface area contributed by atoms with Crippen LogP contribution in [0, 0.1) is 0 Å². The molecule has 0 aliphatic heterocycles. The fourth-order valence-corrected chi connectivity index (χ4v) is 2.73. The van der Waals surface area contributed by atoms with Crippen LogP contribution in [0.5, 0.6) is 0 Å². The average Bonchev–Trinajstić information content (AvgIpc) is 1.60. The highest BCUT2D eigenvalue weighted by molar-refractivity contribution is 6.76. The Balaban J connectivity index is 3.87. The molecule has 0 aliphatic carbocycles. The fraction of sp³-hybridized carbons (Fsp3) is 1.00. The summed E-state index contributed by atoms with van der Waals surface area (Å²) in [6, 6.07) is 0.643. The molecule has 0 heterocycles. The summed E-state index contributed by atoms with van der Waals surface area (Å²) in [6.45, 7) is 13.8. The number of hydrogen-bond acceptors (Lipinski definition) is 1. The lowest BCUT2D eigenvalue weighted by atomic mass is 10.4. The van der Waals surface area contributed by atoms with Crippen molar-refractivity contribution in [2.75, 3.05) is 0 Å². The van der Waals surface area contributed by atoms with Crippen molar-refractivity contribution in [2.24, 2.45) is 0 Å². The van der Waals surface area contributed by atoms with E-state index >= 15 is 0 Å². The van der Waals surface area contributed by atoms with Gasteiger partial charge in [0.1, 0.15) is 8.24 Å². The van der Waals surface area contributed by atoms with Gasteiger partial charge in [-0.3, -0.25) is 0 Å². The van der Waals surface area contributed by atoms with Crippen molar-refractivity contribution in [3.05, 3.63) is 0 Å². The Morgan fingerprint density at radius 1 is 1.00 bits per heavy atom. The van der Waals surface area contributed by atoms with Gasteiger partial charge in [0.05, 0.1) is 0 Å². The molecule has 0 saturated carbocycles.